The summed E-state index contributed by atoms with van der Waals surface area (Å²) in [5.41, 5.74) is 8.62. The molecule has 2 N–H and O–H groups in total. The van der Waals surface area contributed by atoms with Gasteiger partial charge in [0, 0.05) is 25.6 Å². The first-order chi connectivity index (χ1) is 10.8. The summed E-state index contributed by atoms with van der Waals surface area (Å²) in [5, 5.41) is 0. The fourth-order valence-corrected chi connectivity index (χ4v) is 2.96. The van der Waals surface area contributed by atoms with Crippen LogP contribution in [-0.4, -0.2) is 36.5 Å². The summed E-state index contributed by atoms with van der Waals surface area (Å²) >= 11 is 0. The zero-order valence-corrected chi connectivity index (χ0v) is 16.1. The number of hydrogen-bond donors (Lipinski definition) is 1. The lowest BCUT2D eigenvalue weighted by Gasteiger charge is -2.42. The quantitative estimate of drug-likeness (QED) is 0.824. The molecule has 0 spiro atoms. The van der Waals surface area contributed by atoms with E-state index in [1.807, 2.05) is 17.0 Å². The SMILES string of the molecule is Cc1ccc(OCCCC(=O)N2CCC(N)C(C)(C)C2)cc1C.Cl. The van der Waals surface area contributed by atoms with Crippen LogP contribution in [0.2, 0.25) is 0 Å². The Morgan fingerprint density at radius 3 is 2.67 bits per heavy atom. The van der Waals surface area contributed by atoms with Gasteiger partial charge in [-0.15, -0.1) is 12.4 Å². The average molecular weight is 355 g/mol. The van der Waals surface area contributed by atoms with Crippen molar-refractivity contribution in [2.24, 2.45) is 11.1 Å². The number of benzene rings is 1. The summed E-state index contributed by atoms with van der Waals surface area (Å²) in [6.45, 7) is 10.6. The third-order valence-corrected chi connectivity index (χ3v) is 4.95. The molecule has 1 atom stereocenters. The van der Waals surface area contributed by atoms with Crippen molar-refractivity contribution in [3.8, 4) is 5.75 Å². The van der Waals surface area contributed by atoms with Crippen molar-refractivity contribution >= 4 is 18.3 Å². The Balaban J connectivity index is 0.00000288. The van der Waals surface area contributed by atoms with E-state index in [-0.39, 0.29) is 29.8 Å². The molecule has 136 valence electrons. The summed E-state index contributed by atoms with van der Waals surface area (Å²) in [6, 6.07) is 6.28. The predicted octanol–water partition coefficient (Wildman–Crippen LogP) is 3.47. The lowest BCUT2D eigenvalue weighted by Crippen LogP contribution is -2.54. The minimum atomic E-state index is 0. The van der Waals surface area contributed by atoms with Gasteiger partial charge in [0.05, 0.1) is 6.61 Å². The largest absolute Gasteiger partial charge is 0.494 e. The molecule has 1 aliphatic rings. The third-order valence-electron chi connectivity index (χ3n) is 4.95. The Morgan fingerprint density at radius 2 is 2.04 bits per heavy atom. The number of piperidine rings is 1. The molecule has 24 heavy (non-hydrogen) atoms. The Kier molecular flexibility index (Phi) is 7.56. The highest BCUT2D eigenvalue weighted by molar-refractivity contribution is 5.85. The summed E-state index contributed by atoms with van der Waals surface area (Å²) in [5.74, 6) is 1.10. The van der Waals surface area contributed by atoms with E-state index in [2.05, 4.69) is 33.8 Å². The van der Waals surface area contributed by atoms with Gasteiger partial charge in [0.15, 0.2) is 0 Å². The summed E-state index contributed by atoms with van der Waals surface area (Å²) in [7, 11) is 0. The summed E-state index contributed by atoms with van der Waals surface area (Å²) < 4.78 is 5.75. The van der Waals surface area contributed by atoms with Crippen LogP contribution in [0.3, 0.4) is 0 Å². The van der Waals surface area contributed by atoms with E-state index in [1.54, 1.807) is 0 Å². The maximum atomic E-state index is 12.3. The van der Waals surface area contributed by atoms with Gasteiger partial charge in [-0.3, -0.25) is 4.79 Å². The van der Waals surface area contributed by atoms with Gasteiger partial charge >= 0.3 is 0 Å². The van der Waals surface area contributed by atoms with Crippen LogP contribution in [0.25, 0.3) is 0 Å². The van der Waals surface area contributed by atoms with Crippen LogP contribution < -0.4 is 10.5 Å². The molecule has 1 aromatic carbocycles. The molecule has 4 nitrogen and oxygen atoms in total. The van der Waals surface area contributed by atoms with E-state index in [0.29, 0.717) is 13.0 Å². The molecule has 1 heterocycles. The van der Waals surface area contributed by atoms with E-state index in [4.69, 9.17) is 10.5 Å². The molecule has 1 aromatic rings. The number of ether oxygens (including phenoxy) is 1. The Hall–Kier alpha value is -1.26. The molecule has 0 aliphatic carbocycles. The maximum absolute atomic E-state index is 12.3. The van der Waals surface area contributed by atoms with Crippen molar-refractivity contribution < 1.29 is 9.53 Å². The van der Waals surface area contributed by atoms with Gasteiger partial charge in [-0.25, -0.2) is 0 Å². The van der Waals surface area contributed by atoms with Gasteiger partial charge in [-0.1, -0.05) is 19.9 Å². The summed E-state index contributed by atoms with van der Waals surface area (Å²) in [6.07, 6.45) is 2.17. The molecule has 0 radical (unpaired) electrons. The molecule has 1 amide bonds. The van der Waals surface area contributed by atoms with Gasteiger partial charge in [-0.05, 0) is 55.4 Å². The molecule has 1 saturated heterocycles. The van der Waals surface area contributed by atoms with Gasteiger partial charge in [0.1, 0.15) is 5.75 Å². The molecular weight excluding hydrogens is 324 g/mol. The second-order valence-corrected chi connectivity index (χ2v) is 7.40. The molecule has 0 aromatic heterocycles. The van der Waals surface area contributed by atoms with Crippen molar-refractivity contribution in [3.63, 3.8) is 0 Å². The smallest absolute Gasteiger partial charge is 0.222 e. The number of hydrogen-bond acceptors (Lipinski definition) is 3. The molecule has 2 rings (SSSR count). The Bertz CT molecular complexity index is 560. The lowest BCUT2D eigenvalue weighted by atomic mass is 9.79. The van der Waals surface area contributed by atoms with Gasteiger partial charge in [0.25, 0.3) is 0 Å². The standard InChI is InChI=1S/C19H30N2O2.ClH/c1-14-7-8-16(12-15(14)2)23-11-5-6-18(22)21-10-9-17(20)19(3,4)13-21;/h7-8,12,17H,5-6,9-11,13,20H2,1-4H3;1H. The van der Waals surface area contributed by atoms with Crippen LogP contribution in [0.4, 0.5) is 0 Å². The number of amides is 1. The van der Waals surface area contributed by atoms with Crippen molar-refractivity contribution in [2.45, 2.75) is 53.0 Å². The van der Waals surface area contributed by atoms with Crippen LogP contribution in [0.1, 0.15) is 44.2 Å². The number of likely N-dealkylation sites (tertiary alicyclic amines) is 1. The molecule has 1 fully saturated rings. The van der Waals surface area contributed by atoms with E-state index in [9.17, 15) is 4.79 Å². The number of carbonyl (C=O) groups excluding carboxylic acids is 1. The molecule has 1 unspecified atom stereocenters. The number of rotatable bonds is 5. The number of halogens is 1. The maximum Gasteiger partial charge on any atom is 0.222 e. The second-order valence-electron chi connectivity index (χ2n) is 7.40. The van der Waals surface area contributed by atoms with Crippen LogP contribution in [0, 0.1) is 19.3 Å². The van der Waals surface area contributed by atoms with Gasteiger partial charge < -0.3 is 15.4 Å². The molecule has 1 aliphatic heterocycles. The second kappa shape index (κ2) is 8.72. The third kappa shape index (κ3) is 5.38. The first kappa shape index (κ1) is 20.8. The van der Waals surface area contributed by atoms with Crippen molar-refractivity contribution in [3.05, 3.63) is 29.3 Å². The van der Waals surface area contributed by atoms with Crippen molar-refractivity contribution in [2.75, 3.05) is 19.7 Å². The number of carbonyl (C=O) groups is 1. The highest BCUT2D eigenvalue weighted by Gasteiger charge is 2.34. The summed E-state index contributed by atoms with van der Waals surface area (Å²) in [4.78, 5) is 14.3. The van der Waals surface area contributed by atoms with Gasteiger partial charge in [-0.2, -0.15) is 0 Å². The molecule has 0 saturated carbocycles. The van der Waals surface area contributed by atoms with Crippen LogP contribution in [0.5, 0.6) is 5.75 Å². The van der Waals surface area contributed by atoms with Crippen molar-refractivity contribution in [1.29, 1.82) is 0 Å². The molecule has 0 bridgehead atoms. The zero-order valence-electron chi connectivity index (χ0n) is 15.3. The molecular formula is C19H31ClN2O2. The monoisotopic (exact) mass is 354 g/mol. The predicted molar refractivity (Wildman–Crippen MR) is 101 cm³/mol. The lowest BCUT2D eigenvalue weighted by molar-refractivity contribution is -0.134. The number of nitrogens with two attached hydrogens (primary N) is 1. The number of aryl methyl sites for hydroxylation is 2. The fourth-order valence-electron chi connectivity index (χ4n) is 2.96. The Morgan fingerprint density at radius 1 is 1.33 bits per heavy atom. The normalized spacial score (nSPS) is 19.5. The van der Waals surface area contributed by atoms with E-state index in [1.165, 1.54) is 11.1 Å². The first-order valence-electron chi connectivity index (χ1n) is 8.53. The highest BCUT2D eigenvalue weighted by atomic mass is 35.5. The van der Waals surface area contributed by atoms with Gasteiger partial charge in [0.2, 0.25) is 5.91 Å². The van der Waals surface area contributed by atoms with Crippen LogP contribution in [-0.2, 0) is 4.79 Å². The minimum absolute atomic E-state index is 0. The Labute approximate surface area is 152 Å². The fraction of sp³-hybridized carbons (Fsp3) is 0.632. The average Bonchev–Trinajstić information content (AvgIpc) is 2.49. The van der Waals surface area contributed by atoms with Crippen molar-refractivity contribution in [1.82, 2.24) is 4.90 Å². The number of nitrogens with zero attached hydrogens (tertiary/aromatic N) is 1. The van der Waals surface area contributed by atoms with E-state index < -0.39 is 0 Å². The topological polar surface area (TPSA) is 55.6 Å². The zero-order chi connectivity index (χ0) is 17.0. The van der Waals surface area contributed by atoms with E-state index in [0.717, 1.165) is 31.7 Å². The minimum Gasteiger partial charge on any atom is -0.494 e. The van der Waals surface area contributed by atoms with Crippen LogP contribution in [0.15, 0.2) is 18.2 Å². The highest BCUT2D eigenvalue weighted by Crippen LogP contribution is 2.28. The molecule has 5 heteroatoms. The van der Waals surface area contributed by atoms with E-state index >= 15 is 0 Å². The van der Waals surface area contributed by atoms with Crippen LogP contribution >= 0.6 is 12.4 Å². The first-order valence-corrected chi connectivity index (χ1v) is 8.53.